The van der Waals surface area contributed by atoms with E-state index in [1.54, 1.807) is 0 Å². The predicted octanol–water partition coefficient (Wildman–Crippen LogP) is 1.43. The second-order valence-corrected chi connectivity index (χ2v) is 2.96. The zero-order valence-electron chi connectivity index (χ0n) is 8.14. The Bertz CT molecular complexity index is 297. The van der Waals surface area contributed by atoms with Crippen LogP contribution in [0, 0.1) is 0 Å². The minimum Gasteiger partial charge on any atom is -0.368 e. The van der Waals surface area contributed by atoms with Crippen molar-refractivity contribution in [3.63, 3.8) is 0 Å². The third-order valence-corrected chi connectivity index (χ3v) is 1.98. The highest BCUT2D eigenvalue weighted by Gasteiger charge is 2.06. The molecule has 0 bridgehead atoms. The minimum atomic E-state index is -0.00384. The molecular formula is C10H15N3O. The summed E-state index contributed by atoms with van der Waals surface area (Å²) in [6, 6.07) is 9.83. The summed E-state index contributed by atoms with van der Waals surface area (Å²) in [4.78, 5) is 4.12. The van der Waals surface area contributed by atoms with E-state index in [0.717, 1.165) is 12.0 Å². The van der Waals surface area contributed by atoms with E-state index in [4.69, 9.17) is 10.9 Å². The number of guanidine groups is 1. The first-order valence-corrected chi connectivity index (χ1v) is 4.56. The van der Waals surface area contributed by atoms with Crippen molar-refractivity contribution >= 4 is 5.96 Å². The smallest absolute Gasteiger partial charge is 0.213 e. The topological polar surface area (TPSA) is 70.6 Å². The first kappa shape index (κ1) is 10.5. The van der Waals surface area contributed by atoms with Crippen LogP contribution in [-0.2, 0) is 0 Å². The molecule has 0 amide bonds. The van der Waals surface area contributed by atoms with E-state index in [0.29, 0.717) is 0 Å². The molecule has 0 radical (unpaired) electrons. The van der Waals surface area contributed by atoms with E-state index in [1.165, 1.54) is 0 Å². The summed E-state index contributed by atoms with van der Waals surface area (Å²) >= 11 is 0. The van der Waals surface area contributed by atoms with Crippen molar-refractivity contribution in [3.8, 4) is 0 Å². The minimum absolute atomic E-state index is 0.00384. The highest BCUT2D eigenvalue weighted by Crippen LogP contribution is 2.19. The van der Waals surface area contributed by atoms with E-state index in [1.807, 2.05) is 42.7 Å². The molecule has 76 valence electrons. The van der Waals surface area contributed by atoms with Crippen LogP contribution in [0.3, 0.4) is 0 Å². The maximum atomic E-state index is 8.52. The molecule has 0 aliphatic rings. The number of benzene rings is 1. The molecule has 1 atom stereocenters. The lowest BCUT2D eigenvalue weighted by Gasteiger charge is -2.10. The zero-order chi connectivity index (χ0) is 10.4. The van der Waals surface area contributed by atoms with Gasteiger partial charge < -0.3 is 5.73 Å². The van der Waals surface area contributed by atoms with Gasteiger partial charge in [-0.3, -0.25) is 5.21 Å². The summed E-state index contributed by atoms with van der Waals surface area (Å²) in [6.07, 6.45) is 0.840. The molecule has 0 aliphatic carbocycles. The fourth-order valence-electron chi connectivity index (χ4n) is 1.27. The zero-order valence-corrected chi connectivity index (χ0v) is 8.14. The van der Waals surface area contributed by atoms with Crippen molar-refractivity contribution < 1.29 is 5.21 Å². The molecule has 1 rings (SSSR count). The number of aliphatic imine (C=N–C) groups is 1. The Morgan fingerprint density at radius 1 is 1.50 bits per heavy atom. The number of hydrogen-bond acceptors (Lipinski definition) is 2. The predicted molar refractivity (Wildman–Crippen MR) is 56.0 cm³/mol. The van der Waals surface area contributed by atoms with Crippen molar-refractivity contribution in [3.05, 3.63) is 35.9 Å². The first-order chi connectivity index (χ1) is 6.77. The molecule has 0 saturated carbocycles. The largest absolute Gasteiger partial charge is 0.368 e. The summed E-state index contributed by atoms with van der Waals surface area (Å²) in [5, 5.41) is 8.52. The summed E-state index contributed by atoms with van der Waals surface area (Å²) in [5.74, 6) is 0.0423. The van der Waals surface area contributed by atoms with Gasteiger partial charge in [0.05, 0.1) is 6.04 Å². The molecular weight excluding hydrogens is 178 g/mol. The van der Waals surface area contributed by atoms with Crippen molar-refractivity contribution in [2.24, 2.45) is 10.7 Å². The number of nitrogens with zero attached hydrogens (tertiary/aromatic N) is 1. The van der Waals surface area contributed by atoms with Gasteiger partial charge in [0.1, 0.15) is 0 Å². The lowest BCUT2D eigenvalue weighted by atomic mass is 10.1. The van der Waals surface area contributed by atoms with Crippen LogP contribution >= 0.6 is 0 Å². The summed E-state index contributed by atoms with van der Waals surface area (Å²) in [5.41, 5.74) is 8.29. The van der Waals surface area contributed by atoms with Crippen LogP contribution in [0.5, 0.6) is 0 Å². The number of nitrogens with two attached hydrogens (primary N) is 1. The lowest BCUT2D eigenvalue weighted by Crippen LogP contribution is -2.29. The second kappa shape index (κ2) is 5.24. The fourth-order valence-corrected chi connectivity index (χ4v) is 1.27. The molecule has 0 saturated heterocycles. The standard InChI is InChI=1S/C10H15N3O/c1-2-9(12-10(11)13-14)8-6-4-3-5-7-8/h3-7,9,14H,2H2,1H3,(H3,11,12,13). The molecule has 0 spiro atoms. The molecule has 0 fully saturated rings. The Kier molecular flexibility index (Phi) is 3.94. The van der Waals surface area contributed by atoms with Crippen molar-refractivity contribution in [1.82, 2.24) is 5.48 Å². The van der Waals surface area contributed by atoms with E-state index >= 15 is 0 Å². The maximum absolute atomic E-state index is 8.52. The summed E-state index contributed by atoms with van der Waals surface area (Å²) in [6.45, 7) is 2.02. The van der Waals surface area contributed by atoms with Gasteiger partial charge in [-0.25, -0.2) is 10.5 Å². The second-order valence-electron chi connectivity index (χ2n) is 2.96. The molecule has 1 aromatic carbocycles. The third-order valence-electron chi connectivity index (χ3n) is 1.98. The first-order valence-electron chi connectivity index (χ1n) is 4.56. The van der Waals surface area contributed by atoms with Gasteiger partial charge in [-0.1, -0.05) is 37.3 Å². The van der Waals surface area contributed by atoms with Crippen molar-refractivity contribution in [2.45, 2.75) is 19.4 Å². The van der Waals surface area contributed by atoms with Crippen molar-refractivity contribution in [2.75, 3.05) is 0 Å². The number of rotatable bonds is 3. The molecule has 4 heteroatoms. The Morgan fingerprint density at radius 2 is 2.14 bits per heavy atom. The molecule has 4 nitrogen and oxygen atoms in total. The van der Waals surface area contributed by atoms with Gasteiger partial charge in [0.2, 0.25) is 5.96 Å². The molecule has 1 aromatic rings. The number of hydroxylamine groups is 1. The van der Waals surface area contributed by atoms with Crippen LogP contribution in [-0.4, -0.2) is 11.2 Å². The van der Waals surface area contributed by atoms with Gasteiger partial charge in [0.25, 0.3) is 0 Å². The average Bonchev–Trinajstić information content (AvgIpc) is 2.26. The van der Waals surface area contributed by atoms with E-state index in [2.05, 4.69) is 4.99 Å². The van der Waals surface area contributed by atoms with Gasteiger partial charge in [-0.15, -0.1) is 0 Å². The van der Waals surface area contributed by atoms with E-state index < -0.39 is 0 Å². The third kappa shape index (κ3) is 2.74. The number of hydrogen-bond donors (Lipinski definition) is 3. The Hall–Kier alpha value is -1.55. The molecule has 4 N–H and O–H groups in total. The Labute approximate surface area is 83.4 Å². The van der Waals surface area contributed by atoms with Gasteiger partial charge in [0.15, 0.2) is 0 Å². The summed E-state index contributed by atoms with van der Waals surface area (Å²) in [7, 11) is 0. The van der Waals surface area contributed by atoms with Gasteiger partial charge in [-0.05, 0) is 12.0 Å². The summed E-state index contributed by atoms with van der Waals surface area (Å²) < 4.78 is 0. The highest BCUT2D eigenvalue weighted by molar-refractivity contribution is 5.76. The molecule has 0 aliphatic heterocycles. The van der Waals surface area contributed by atoms with Crippen LogP contribution in [0.2, 0.25) is 0 Å². The molecule has 0 heterocycles. The molecule has 0 aromatic heterocycles. The van der Waals surface area contributed by atoms with Crippen LogP contribution in [0.25, 0.3) is 0 Å². The van der Waals surface area contributed by atoms with Crippen LogP contribution < -0.4 is 11.2 Å². The number of nitrogens with one attached hydrogen (secondary N) is 1. The van der Waals surface area contributed by atoms with E-state index in [-0.39, 0.29) is 12.0 Å². The van der Waals surface area contributed by atoms with Gasteiger partial charge >= 0.3 is 0 Å². The Morgan fingerprint density at radius 3 is 2.64 bits per heavy atom. The van der Waals surface area contributed by atoms with Crippen LogP contribution in [0.15, 0.2) is 35.3 Å². The Balaban J connectivity index is 2.83. The molecule has 1 unspecified atom stereocenters. The van der Waals surface area contributed by atoms with Gasteiger partial charge in [-0.2, -0.15) is 0 Å². The monoisotopic (exact) mass is 193 g/mol. The van der Waals surface area contributed by atoms with E-state index in [9.17, 15) is 0 Å². The molecule has 14 heavy (non-hydrogen) atoms. The quantitative estimate of drug-likeness (QED) is 0.386. The van der Waals surface area contributed by atoms with Crippen LogP contribution in [0.4, 0.5) is 0 Å². The van der Waals surface area contributed by atoms with Crippen LogP contribution in [0.1, 0.15) is 24.9 Å². The maximum Gasteiger partial charge on any atom is 0.213 e. The average molecular weight is 193 g/mol. The SMILES string of the molecule is CCC(N=C(N)NO)c1ccccc1. The normalized spacial score (nSPS) is 13.7. The fraction of sp³-hybridized carbons (Fsp3) is 0.300. The highest BCUT2D eigenvalue weighted by atomic mass is 16.5. The van der Waals surface area contributed by atoms with Gasteiger partial charge in [0, 0.05) is 0 Å². The lowest BCUT2D eigenvalue weighted by molar-refractivity contribution is 0.232. The van der Waals surface area contributed by atoms with Crippen molar-refractivity contribution in [1.29, 1.82) is 0 Å².